The number of fused-ring (bicyclic) bond motifs is 1. The van der Waals surface area contributed by atoms with E-state index in [0.29, 0.717) is 24.9 Å². The first-order chi connectivity index (χ1) is 9.02. The zero-order valence-corrected chi connectivity index (χ0v) is 11.7. The molecule has 0 atom stereocenters. The van der Waals surface area contributed by atoms with Crippen LogP contribution in [0.15, 0.2) is 18.2 Å². The van der Waals surface area contributed by atoms with E-state index in [9.17, 15) is 9.59 Å². The standard InChI is InChI=1S/C15H20N2O2/c1-4-17-13-7-5-12(15(19)16-10(2)3)9-11(13)6-8-14(17)18/h5,7,9-10H,4,6,8H2,1-3H3,(H,16,19). The van der Waals surface area contributed by atoms with Gasteiger partial charge in [0.05, 0.1) is 0 Å². The van der Waals surface area contributed by atoms with Crippen LogP contribution in [0.4, 0.5) is 5.69 Å². The van der Waals surface area contributed by atoms with Crippen molar-refractivity contribution in [3.63, 3.8) is 0 Å². The molecule has 0 bridgehead atoms. The summed E-state index contributed by atoms with van der Waals surface area (Å²) in [5, 5.41) is 2.88. The van der Waals surface area contributed by atoms with Gasteiger partial charge < -0.3 is 10.2 Å². The average Bonchev–Trinajstić information content (AvgIpc) is 2.37. The zero-order chi connectivity index (χ0) is 14.0. The molecule has 102 valence electrons. The molecule has 0 saturated heterocycles. The van der Waals surface area contributed by atoms with Crippen LogP contribution < -0.4 is 10.2 Å². The van der Waals surface area contributed by atoms with Crippen LogP contribution in [0.25, 0.3) is 0 Å². The molecule has 1 heterocycles. The predicted octanol–water partition coefficient (Wildman–Crippen LogP) is 2.12. The van der Waals surface area contributed by atoms with Gasteiger partial charge in [-0.25, -0.2) is 0 Å². The molecule has 4 nitrogen and oxygen atoms in total. The van der Waals surface area contributed by atoms with Crippen molar-refractivity contribution in [2.24, 2.45) is 0 Å². The third-order valence-electron chi connectivity index (χ3n) is 3.28. The Bertz CT molecular complexity index is 509. The van der Waals surface area contributed by atoms with Gasteiger partial charge in [-0.15, -0.1) is 0 Å². The Hall–Kier alpha value is -1.84. The van der Waals surface area contributed by atoms with Gasteiger partial charge in [0.15, 0.2) is 0 Å². The summed E-state index contributed by atoms with van der Waals surface area (Å²) in [6.07, 6.45) is 1.24. The third-order valence-corrected chi connectivity index (χ3v) is 3.28. The lowest BCUT2D eigenvalue weighted by molar-refractivity contribution is -0.118. The number of carbonyl (C=O) groups is 2. The summed E-state index contributed by atoms with van der Waals surface area (Å²) in [6, 6.07) is 5.70. The molecule has 0 fully saturated rings. The molecule has 1 aliphatic heterocycles. The van der Waals surface area contributed by atoms with Gasteiger partial charge in [0.1, 0.15) is 0 Å². The van der Waals surface area contributed by atoms with Crippen LogP contribution in [0, 0.1) is 0 Å². The highest BCUT2D eigenvalue weighted by Gasteiger charge is 2.23. The van der Waals surface area contributed by atoms with E-state index >= 15 is 0 Å². The lowest BCUT2D eigenvalue weighted by Gasteiger charge is -2.28. The molecule has 1 aromatic rings. The second-order valence-electron chi connectivity index (χ2n) is 5.11. The molecule has 4 heteroatoms. The fourth-order valence-electron chi connectivity index (χ4n) is 2.39. The van der Waals surface area contributed by atoms with Crippen LogP contribution in [0.5, 0.6) is 0 Å². The molecule has 1 aliphatic rings. The minimum atomic E-state index is -0.0576. The Labute approximate surface area is 113 Å². The van der Waals surface area contributed by atoms with Gasteiger partial charge in [-0.05, 0) is 51.0 Å². The maximum Gasteiger partial charge on any atom is 0.251 e. The van der Waals surface area contributed by atoms with Crippen LogP contribution in [0.3, 0.4) is 0 Å². The van der Waals surface area contributed by atoms with Crippen molar-refractivity contribution in [2.75, 3.05) is 11.4 Å². The van der Waals surface area contributed by atoms with E-state index < -0.39 is 0 Å². The highest BCUT2D eigenvalue weighted by Crippen LogP contribution is 2.28. The molecule has 2 amide bonds. The van der Waals surface area contributed by atoms with E-state index in [4.69, 9.17) is 0 Å². The Kier molecular flexibility index (Phi) is 3.88. The topological polar surface area (TPSA) is 49.4 Å². The zero-order valence-electron chi connectivity index (χ0n) is 11.7. The summed E-state index contributed by atoms with van der Waals surface area (Å²) < 4.78 is 0. The number of nitrogens with one attached hydrogen (secondary N) is 1. The molecule has 0 spiro atoms. The van der Waals surface area contributed by atoms with Gasteiger partial charge in [-0.1, -0.05) is 0 Å². The minimum Gasteiger partial charge on any atom is -0.350 e. The number of benzene rings is 1. The van der Waals surface area contributed by atoms with Crippen LogP contribution in [0.2, 0.25) is 0 Å². The molecule has 0 radical (unpaired) electrons. The smallest absolute Gasteiger partial charge is 0.251 e. The monoisotopic (exact) mass is 260 g/mol. The van der Waals surface area contributed by atoms with Gasteiger partial charge in [-0.2, -0.15) is 0 Å². The van der Waals surface area contributed by atoms with E-state index in [0.717, 1.165) is 11.3 Å². The van der Waals surface area contributed by atoms with Gasteiger partial charge in [0.25, 0.3) is 5.91 Å². The Morgan fingerprint density at radius 2 is 2.11 bits per heavy atom. The maximum atomic E-state index is 12.0. The van der Waals surface area contributed by atoms with Crippen molar-refractivity contribution < 1.29 is 9.59 Å². The minimum absolute atomic E-state index is 0.0576. The summed E-state index contributed by atoms with van der Waals surface area (Å²) >= 11 is 0. The fourth-order valence-corrected chi connectivity index (χ4v) is 2.39. The summed E-state index contributed by atoms with van der Waals surface area (Å²) in [6.45, 7) is 6.51. The first kappa shape index (κ1) is 13.6. The third kappa shape index (κ3) is 2.78. The summed E-state index contributed by atoms with van der Waals surface area (Å²) in [5.74, 6) is 0.104. The summed E-state index contributed by atoms with van der Waals surface area (Å²) in [4.78, 5) is 25.5. The van der Waals surface area contributed by atoms with E-state index in [-0.39, 0.29) is 17.9 Å². The number of nitrogens with zero attached hydrogens (tertiary/aromatic N) is 1. The lowest BCUT2D eigenvalue weighted by atomic mass is 9.98. The van der Waals surface area contributed by atoms with Gasteiger partial charge in [0, 0.05) is 30.3 Å². The highest BCUT2D eigenvalue weighted by molar-refractivity contribution is 5.99. The van der Waals surface area contributed by atoms with Gasteiger partial charge in [-0.3, -0.25) is 9.59 Å². The van der Waals surface area contributed by atoms with Crippen LogP contribution in [-0.2, 0) is 11.2 Å². The lowest BCUT2D eigenvalue weighted by Crippen LogP contribution is -2.35. The van der Waals surface area contributed by atoms with Crippen molar-refractivity contribution in [2.45, 2.75) is 39.7 Å². The molecule has 0 unspecified atom stereocenters. The highest BCUT2D eigenvalue weighted by atomic mass is 16.2. The van der Waals surface area contributed by atoms with Crippen molar-refractivity contribution >= 4 is 17.5 Å². The quantitative estimate of drug-likeness (QED) is 0.905. The van der Waals surface area contributed by atoms with Gasteiger partial charge >= 0.3 is 0 Å². The maximum absolute atomic E-state index is 12.0. The van der Waals surface area contributed by atoms with Crippen molar-refractivity contribution in [1.82, 2.24) is 5.32 Å². The molecule has 1 aromatic carbocycles. The number of hydrogen-bond acceptors (Lipinski definition) is 2. The summed E-state index contributed by atoms with van der Waals surface area (Å²) in [7, 11) is 0. The molecule has 2 rings (SSSR count). The number of aryl methyl sites for hydroxylation is 1. The molecular weight excluding hydrogens is 240 g/mol. The molecule has 0 aromatic heterocycles. The van der Waals surface area contributed by atoms with Crippen LogP contribution >= 0.6 is 0 Å². The molecule has 0 saturated carbocycles. The Morgan fingerprint density at radius 3 is 2.74 bits per heavy atom. The second-order valence-corrected chi connectivity index (χ2v) is 5.11. The van der Waals surface area contributed by atoms with Gasteiger partial charge in [0.2, 0.25) is 5.91 Å². The number of amides is 2. The number of anilines is 1. The first-order valence-electron chi connectivity index (χ1n) is 6.77. The van der Waals surface area contributed by atoms with Crippen molar-refractivity contribution in [3.05, 3.63) is 29.3 Å². The normalized spacial score (nSPS) is 14.5. The SMILES string of the molecule is CCN1C(=O)CCc2cc(C(=O)NC(C)C)ccc21. The number of carbonyl (C=O) groups excluding carboxylic acids is 2. The van der Waals surface area contributed by atoms with Crippen molar-refractivity contribution in [1.29, 1.82) is 0 Å². The van der Waals surface area contributed by atoms with E-state index in [1.165, 1.54) is 0 Å². The predicted molar refractivity (Wildman–Crippen MR) is 75.4 cm³/mol. The largest absolute Gasteiger partial charge is 0.350 e. The summed E-state index contributed by atoms with van der Waals surface area (Å²) in [5.41, 5.74) is 2.69. The Morgan fingerprint density at radius 1 is 1.37 bits per heavy atom. The van der Waals surface area contributed by atoms with E-state index in [2.05, 4.69) is 5.32 Å². The molecule has 1 N–H and O–H groups in total. The molecule has 19 heavy (non-hydrogen) atoms. The molecule has 0 aliphatic carbocycles. The van der Waals surface area contributed by atoms with Crippen LogP contribution in [-0.4, -0.2) is 24.4 Å². The van der Waals surface area contributed by atoms with E-state index in [1.54, 1.807) is 11.0 Å². The fraction of sp³-hybridized carbons (Fsp3) is 0.467. The van der Waals surface area contributed by atoms with Crippen molar-refractivity contribution in [3.8, 4) is 0 Å². The van der Waals surface area contributed by atoms with Crippen LogP contribution in [0.1, 0.15) is 43.1 Å². The Balaban J connectivity index is 2.29. The second kappa shape index (κ2) is 5.43. The number of hydrogen-bond donors (Lipinski definition) is 1. The number of rotatable bonds is 3. The molecular formula is C15H20N2O2. The van der Waals surface area contributed by atoms with E-state index in [1.807, 2.05) is 32.9 Å². The average molecular weight is 260 g/mol. The first-order valence-corrected chi connectivity index (χ1v) is 6.77.